The number of rotatable bonds is 8. The van der Waals surface area contributed by atoms with Gasteiger partial charge in [0.25, 0.3) is 11.7 Å². The number of cyclic esters (lactones) is 1. The van der Waals surface area contributed by atoms with Gasteiger partial charge in [-0.25, -0.2) is 4.79 Å². The number of aliphatic hydroxyl groups excluding tert-OH is 1. The monoisotopic (exact) mass is 1060 g/mol. The maximum Gasteiger partial charge on any atom is 0.329 e. The van der Waals surface area contributed by atoms with Gasteiger partial charge in [0.2, 0.25) is 5.79 Å². The number of benzene rings is 2. The molecule has 16 heteroatoms. The second-order valence-electron chi connectivity index (χ2n) is 21.6. The largest absolute Gasteiger partial charge is 0.456 e. The number of aromatic nitrogens is 2. The lowest BCUT2D eigenvalue weighted by Crippen LogP contribution is -2.64. The molecule has 3 aliphatic heterocycles. The van der Waals surface area contributed by atoms with E-state index in [2.05, 4.69) is 29.0 Å². The molecule has 0 unspecified atom stereocenters. The Hall–Kier alpha value is -4.87. The molecule has 1 aliphatic carbocycles. The highest BCUT2D eigenvalue weighted by atomic mass is 35.5. The van der Waals surface area contributed by atoms with E-state index in [9.17, 15) is 29.4 Å². The molecule has 0 spiro atoms. The molecule has 15 nitrogen and oxygen atoms in total. The molecule has 4 aromatic rings. The second kappa shape index (κ2) is 26.0. The van der Waals surface area contributed by atoms with Crippen molar-refractivity contribution in [2.45, 2.75) is 166 Å². The Morgan fingerprint density at radius 2 is 1.45 bits per heavy atom. The summed E-state index contributed by atoms with van der Waals surface area (Å²) in [5.41, 5.74) is 3.86. The number of aliphatic hydroxyl groups is 2. The van der Waals surface area contributed by atoms with E-state index >= 15 is 0 Å². The number of nitrogens with zero attached hydrogens (tertiary/aromatic N) is 1. The van der Waals surface area contributed by atoms with Crippen molar-refractivity contribution in [1.29, 1.82) is 0 Å². The molecule has 410 valence electrons. The summed E-state index contributed by atoms with van der Waals surface area (Å²) in [6.07, 6.45) is 5.16. The Bertz CT molecular complexity index is 2510. The number of allylic oxidation sites excluding steroid dienone is 3. The van der Waals surface area contributed by atoms with Crippen LogP contribution in [0.2, 0.25) is 0 Å². The summed E-state index contributed by atoms with van der Waals surface area (Å²) in [5.74, 6) is -5.82. The minimum atomic E-state index is -2.49. The average molecular weight is 1060 g/mol. The van der Waals surface area contributed by atoms with Crippen molar-refractivity contribution in [1.82, 2.24) is 14.9 Å². The van der Waals surface area contributed by atoms with Crippen LogP contribution in [-0.2, 0) is 42.9 Å². The van der Waals surface area contributed by atoms with Gasteiger partial charge in [0, 0.05) is 86.0 Å². The number of H-pyrrole nitrogens is 2. The molecule has 2 aromatic carbocycles. The van der Waals surface area contributed by atoms with Gasteiger partial charge in [-0.1, -0.05) is 81.8 Å². The van der Waals surface area contributed by atoms with Gasteiger partial charge in [-0.3, -0.25) is 14.4 Å². The average Bonchev–Trinajstić information content (AvgIpc) is 4.02. The second-order valence-corrected chi connectivity index (χ2v) is 22.2. The van der Waals surface area contributed by atoms with Crippen molar-refractivity contribution >= 4 is 56.8 Å². The third kappa shape index (κ3) is 13.8. The predicted octanol–water partition coefficient (Wildman–Crippen LogP) is 10.2. The number of carbonyl (C=O) groups is 4. The highest BCUT2D eigenvalue weighted by molar-refractivity contribution is 6.39. The van der Waals surface area contributed by atoms with Crippen LogP contribution in [0, 0.1) is 29.6 Å². The third-order valence-electron chi connectivity index (χ3n) is 16.1. The number of amides is 1. The van der Waals surface area contributed by atoms with E-state index in [-0.39, 0.29) is 54.9 Å². The first kappa shape index (κ1) is 57.8. The van der Waals surface area contributed by atoms with Crippen LogP contribution in [-0.4, -0.2) is 130 Å². The van der Waals surface area contributed by atoms with Crippen molar-refractivity contribution in [3.8, 4) is 11.8 Å². The Balaban J connectivity index is 0.000000354. The lowest BCUT2D eigenvalue weighted by molar-refractivity contribution is -0.302. The quantitative estimate of drug-likeness (QED) is 0.0565. The van der Waals surface area contributed by atoms with E-state index in [0.29, 0.717) is 44.1 Å². The molecule has 2 saturated heterocycles. The number of hydrogen-bond acceptors (Lipinski definition) is 12. The fourth-order valence-corrected chi connectivity index (χ4v) is 12.0. The first-order valence-corrected chi connectivity index (χ1v) is 27.4. The smallest absolute Gasteiger partial charge is 0.329 e. The van der Waals surface area contributed by atoms with E-state index in [1.54, 1.807) is 21.0 Å². The molecule has 2 bridgehead atoms. The minimum absolute atomic E-state index is 0.0425. The fourth-order valence-electron chi connectivity index (χ4n) is 11.7. The number of nitrogens with one attached hydrogen (secondary N) is 2. The molecular formula is C59H80ClN3O12. The first-order chi connectivity index (χ1) is 35.9. The number of esters is 1. The van der Waals surface area contributed by atoms with Gasteiger partial charge in [-0.05, 0) is 108 Å². The molecule has 75 heavy (non-hydrogen) atoms. The maximum absolute atomic E-state index is 14.3. The lowest BCUT2D eigenvalue weighted by atomic mass is 9.82. The van der Waals surface area contributed by atoms with E-state index < -0.39 is 77.8 Å². The highest BCUT2D eigenvalue weighted by Crippen LogP contribution is 2.40. The number of Topliss-reactive ketones (excluding diaryl/α,β-unsaturated/α-hetero) is 2. The van der Waals surface area contributed by atoms with Crippen LogP contribution in [0.5, 0.6) is 11.8 Å². The third-order valence-corrected chi connectivity index (χ3v) is 16.6. The molecule has 0 radical (unpaired) electrons. The molecule has 3 fully saturated rings. The van der Waals surface area contributed by atoms with Crippen LogP contribution >= 0.6 is 11.6 Å². The van der Waals surface area contributed by atoms with Crippen molar-refractivity contribution in [3.05, 3.63) is 84.0 Å². The lowest BCUT2D eigenvalue weighted by Gasteiger charge is -2.47. The van der Waals surface area contributed by atoms with Crippen LogP contribution in [0.1, 0.15) is 112 Å². The Kier molecular flexibility index (Phi) is 20.0. The zero-order chi connectivity index (χ0) is 54.1. The minimum Gasteiger partial charge on any atom is -0.456 e. The predicted molar refractivity (Wildman–Crippen MR) is 288 cm³/mol. The molecule has 4 N–H and O–H groups in total. The summed E-state index contributed by atoms with van der Waals surface area (Å²) in [4.78, 5) is 64.2. The zero-order valence-corrected chi connectivity index (χ0v) is 46.0. The van der Waals surface area contributed by atoms with Crippen LogP contribution in [0.15, 0.2) is 84.0 Å². The zero-order valence-electron chi connectivity index (χ0n) is 45.2. The van der Waals surface area contributed by atoms with Crippen molar-refractivity contribution in [3.63, 3.8) is 0 Å². The van der Waals surface area contributed by atoms with E-state index in [0.717, 1.165) is 52.0 Å². The molecule has 5 heterocycles. The number of carbonyl (C=O) groups excluding carboxylic acids is 4. The van der Waals surface area contributed by atoms with E-state index in [1.807, 2.05) is 81.5 Å². The van der Waals surface area contributed by atoms with E-state index in [4.69, 9.17) is 40.0 Å². The van der Waals surface area contributed by atoms with Crippen LogP contribution in [0.25, 0.3) is 21.8 Å². The van der Waals surface area contributed by atoms with Crippen LogP contribution < -0.4 is 4.74 Å². The molecule has 4 aliphatic rings. The molecule has 8 rings (SSSR count). The van der Waals surface area contributed by atoms with Gasteiger partial charge >= 0.3 is 5.97 Å². The summed E-state index contributed by atoms with van der Waals surface area (Å²) in [7, 11) is 4.71. The van der Waals surface area contributed by atoms with Gasteiger partial charge in [0.1, 0.15) is 24.0 Å². The summed E-state index contributed by atoms with van der Waals surface area (Å²) in [5, 5.41) is 25.9. The summed E-state index contributed by atoms with van der Waals surface area (Å²) < 4.78 is 35.7. The van der Waals surface area contributed by atoms with Gasteiger partial charge in [-0.15, -0.1) is 11.6 Å². The number of ketones is 2. The number of alkyl halides is 1. The van der Waals surface area contributed by atoms with Gasteiger partial charge in [-0.2, -0.15) is 0 Å². The number of methoxy groups -OCH3 is 3. The molecule has 2 aromatic heterocycles. The molecule has 14 atom stereocenters. The Morgan fingerprint density at radius 1 is 0.840 bits per heavy atom. The van der Waals surface area contributed by atoms with E-state index in [1.165, 1.54) is 19.1 Å². The number of ether oxygens (including phenoxy) is 6. The number of piperidine rings is 1. The van der Waals surface area contributed by atoms with Gasteiger partial charge in [0.15, 0.2) is 11.8 Å². The molecule has 1 amide bonds. The summed E-state index contributed by atoms with van der Waals surface area (Å²) >= 11 is 6.52. The number of aromatic amines is 2. The van der Waals surface area contributed by atoms with Gasteiger partial charge in [0.05, 0.1) is 29.8 Å². The number of para-hydroxylation sites is 2. The van der Waals surface area contributed by atoms with Gasteiger partial charge < -0.3 is 53.5 Å². The number of hydrogen-bond donors (Lipinski definition) is 4. The molecule has 1 saturated carbocycles. The topological polar surface area (TPSA) is 199 Å². The standard InChI is InChI=1S/C43H68ClNO11.C16H12N2O/c1-10-30-18-24(2)17-25(3)19-36(53-8)39-37(54-9)21-27(5)43(51,56-39)40(48)41(49)45-16-12-11-13-32(45)42(50)55-38(28(6)33(46)23-34(30)47)26(4)20-29-14-15-31(44)35(22-29)52-7;1-3-7-13-11(5-1)9-15(17-13)19-16-10-12-6-2-4-8-14(12)18-16/h18,20,25,27-33,35-39,46,51H,10-17,19,21-23H2,1-9H3;1-10,17-18H/b24-18+,26-20+;/t25-,27+,28+,29-,30+,31+,32-,33-,35+,36-,37-,38+,39+,43+;/m0./s1. The van der Waals surface area contributed by atoms with Crippen molar-refractivity contribution in [2.24, 2.45) is 29.6 Å². The summed E-state index contributed by atoms with van der Waals surface area (Å²) in [6.45, 7) is 11.3. The Morgan fingerprint density at radius 3 is 2.05 bits per heavy atom. The Labute approximate surface area is 447 Å². The fraction of sp³-hybridized carbons (Fsp3) is 0.593. The normalized spacial score (nSPS) is 33.9. The number of fused-ring (bicyclic) bond motifs is 5. The first-order valence-electron chi connectivity index (χ1n) is 27.0. The molecular weight excluding hydrogens is 978 g/mol. The maximum atomic E-state index is 14.3. The SMILES string of the molecule is CC[C@@H]1/C=C(\C)C[C@H](C)C[C@H](OC)[C@H]2O[C@@](O)(C(=O)C(=O)N3CCCC[C@H]3C(=O)O[C@H](/C(C)=C/[C@@H]3CC[C@@H](Cl)[C@H](OC)C3)[C@H](C)[C@@H](O)CC1=O)[C@H](C)C[C@@H]2OC.c1ccc2[nH]c(Oc3cc4ccccc4[nH]3)cc2c1. The van der Waals surface area contributed by atoms with Crippen molar-refractivity contribution < 1.29 is 57.8 Å². The van der Waals surface area contributed by atoms with Crippen molar-refractivity contribution in [2.75, 3.05) is 27.9 Å². The number of halogens is 1. The van der Waals surface area contributed by atoms with Crippen LogP contribution in [0.4, 0.5) is 0 Å². The highest BCUT2D eigenvalue weighted by Gasteiger charge is 2.56. The summed E-state index contributed by atoms with van der Waals surface area (Å²) in [6, 6.07) is 19.1. The van der Waals surface area contributed by atoms with Crippen LogP contribution in [0.3, 0.4) is 0 Å².